The van der Waals surface area contributed by atoms with Crippen LogP contribution in [-0.2, 0) is 10.0 Å². The molecule has 2 amide bonds. The fourth-order valence-electron chi connectivity index (χ4n) is 1.54. The molecule has 1 aromatic carbocycles. The van der Waals surface area contributed by atoms with E-state index in [1.165, 1.54) is 18.2 Å². The van der Waals surface area contributed by atoms with Crippen molar-refractivity contribution in [2.24, 2.45) is 0 Å². The molecule has 2 N–H and O–H groups in total. The molecule has 0 aliphatic carbocycles. The predicted octanol–water partition coefficient (Wildman–Crippen LogP) is -0.176. The molecule has 0 saturated carbocycles. The van der Waals surface area contributed by atoms with Crippen LogP contribution < -0.4 is 5.73 Å². The number of carbonyl (C=O) groups is 2. The number of fused-ring (bicyclic) bond motifs is 1. The Balaban J connectivity index is 2.66. The summed E-state index contributed by atoms with van der Waals surface area (Å²) >= 11 is 0. The van der Waals surface area contributed by atoms with Crippen molar-refractivity contribution >= 4 is 27.5 Å². The van der Waals surface area contributed by atoms with Crippen molar-refractivity contribution < 1.29 is 18.0 Å². The van der Waals surface area contributed by atoms with Gasteiger partial charge in [-0.2, -0.15) is 4.31 Å². The topological polar surface area (TPSA) is 97.5 Å². The minimum Gasteiger partial charge on any atom is -0.399 e. The number of anilines is 1. The molecule has 1 heterocycles. The molecule has 0 radical (unpaired) electrons. The molecule has 16 heavy (non-hydrogen) atoms. The average molecular weight is 240 g/mol. The molecule has 84 valence electrons. The molecule has 1 aliphatic rings. The Hall–Kier alpha value is -1.89. The third-order valence-corrected chi connectivity index (χ3v) is 3.20. The number of nitrogens with two attached hydrogens (primary N) is 1. The van der Waals surface area contributed by atoms with Crippen LogP contribution in [0.2, 0.25) is 0 Å². The van der Waals surface area contributed by atoms with Gasteiger partial charge in [0.2, 0.25) is 10.0 Å². The summed E-state index contributed by atoms with van der Waals surface area (Å²) in [5.41, 5.74) is 5.85. The van der Waals surface area contributed by atoms with Crippen molar-refractivity contribution in [2.75, 3.05) is 12.0 Å². The predicted molar refractivity (Wildman–Crippen MR) is 56.2 cm³/mol. The SMILES string of the molecule is CS(=O)(=O)N1C(=O)c2ccc(N)cc2C1=O. The summed E-state index contributed by atoms with van der Waals surface area (Å²) in [7, 11) is -3.89. The second-order valence-corrected chi connectivity index (χ2v) is 5.27. The van der Waals surface area contributed by atoms with Gasteiger partial charge in [0.15, 0.2) is 0 Å². The van der Waals surface area contributed by atoms with Gasteiger partial charge in [-0.15, -0.1) is 0 Å². The number of nitrogen functional groups attached to an aromatic ring is 1. The van der Waals surface area contributed by atoms with E-state index in [0.29, 0.717) is 5.69 Å². The summed E-state index contributed by atoms with van der Waals surface area (Å²) in [5.74, 6) is -1.68. The molecular formula is C9H8N2O4S. The Morgan fingerprint density at radius 2 is 1.69 bits per heavy atom. The molecule has 0 saturated heterocycles. The minimum absolute atomic E-state index is 0.0235. The molecule has 0 bridgehead atoms. The second kappa shape index (κ2) is 3.05. The van der Waals surface area contributed by atoms with Crippen molar-refractivity contribution in [3.63, 3.8) is 0 Å². The van der Waals surface area contributed by atoms with Gasteiger partial charge in [-0.25, -0.2) is 8.42 Å². The highest BCUT2D eigenvalue weighted by Crippen LogP contribution is 2.26. The van der Waals surface area contributed by atoms with Gasteiger partial charge in [-0.3, -0.25) is 9.59 Å². The number of amides is 2. The zero-order valence-electron chi connectivity index (χ0n) is 8.30. The smallest absolute Gasteiger partial charge is 0.275 e. The van der Waals surface area contributed by atoms with Gasteiger partial charge < -0.3 is 5.73 Å². The molecule has 2 rings (SSSR count). The van der Waals surface area contributed by atoms with Crippen LogP contribution >= 0.6 is 0 Å². The molecule has 0 aromatic heterocycles. The van der Waals surface area contributed by atoms with Gasteiger partial charge in [0.25, 0.3) is 11.8 Å². The normalized spacial score (nSPS) is 15.4. The van der Waals surface area contributed by atoms with Gasteiger partial charge in [0.05, 0.1) is 17.4 Å². The highest BCUT2D eigenvalue weighted by atomic mass is 32.2. The van der Waals surface area contributed by atoms with Crippen LogP contribution in [0.1, 0.15) is 20.7 Å². The number of imide groups is 1. The molecular weight excluding hydrogens is 232 g/mol. The standard InChI is InChI=1S/C9H8N2O4S/c1-16(14,15)11-8(12)6-3-2-5(10)4-7(6)9(11)13/h2-4H,10H2,1H3. The van der Waals surface area contributed by atoms with E-state index in [0.717, 1.165) is 6.26 Å². The van der Waals surface area contributed by atoms with E-state index in [1.807, 2.05) is 0 Å². The number of sulfonamides is 1. The third-order valence-electron chi connectivity index (χ3n) is 2.20. The molecule has 0 fully saturated rings. The maximum absolute atomic E-state index is 11.7. The summed E-state index contributed by atoms with van der Waals surface area (Å²) in [6, 6.07) is 4.08. The van der Waals surface area contributed by atoms with E-state index in [4.69, 9.17) is 5.73 Å². The van der Waals surface area contributed by atoms with Crippen LogP contribution in [0, 0.1) is 0 Å². The minimum atomic E-state index is -3.89. The first-order valence-corrected chi connectivity index (χ1v) is 6.15. The molecule has 7 heteroatoms. The Morgan fingerprint density at radius 1 is 1.12 bits per heavy atom. The monoisotopic (exact) mass is 240 g/mol. The van der Waals surface area contributed by atoms with E-state index in [-0.39, 0.29) is 15.4 Å². The van der Waals surface area contributed by atoms with Crippen molar-refractivity contribution in [1.82, 2.24) is 4.31 Å². The Kier molecular flexibility index (Phi) is 2.02. The number of carbonyl (C=O) groups excluding carboxylic acids is 2. The van der Waals surface area contributed by atoms with Crippen LogP contribution in [0.5, 0.6) is 0 Å². The van der Waals surface area contributed by atoms with Crippen molar-refractivity contribution in [3.8, 4) is 0 Å². The third kappa shape index (κ3) is 1.36. The number of benzene rings is 1. The lowest BCUT2D eigenvalue weighted by atomic mass is 10.1. The highest BCUT2D eigenvalue weighted by Gasteiger charge is 2.41. The van der Waals surface area contributed by atoms with Crippen molar-refractivity contribution in [1.29, 1.82) is 0 Å². The first-order valence-electron chi connectivity index (χ1n) is 4.31. The Bertz CT molecular complexity index is 606. The summed E-state index contributed by atoms with van der Waals surface area (Å²) in [4.78, 5) is 23.3. The Labute approximate surface area is 91.7 Å². The number of nitrogens with zero attached hydrogens (tertiary/aromatic N) is 1. The molecule has 0 atom stereocenters. The highest BCUT2D eigenvalue weighted by molar-refractivity contribution is 7.89. The van der Waals surface area contributed by atoms with Gasteiger partial charge >= 0.3 is 0 Å². The van der Waals surface area contributed by atoms with Crippen LogP contribution in [-0.4, -0.2) is 30.8 Å². The van der Waals surface area contributed by atoms with Gasteiger partial charge in [-0.05, 0) is 18.2 Å². The lowest BCUT2D eigenvalue weighted by Crippen LogP contribution is -2.35. The number of rotatable bonds is 1. The summed E-state index contributed by atoms with van der Waals surface area (Å²) < 4.78 is 22.8. The average Bonchev–Trinajstić information content (AvgIpc) is 2.38. The maximum Gasteiger partial charge on any atom is 0.275 e. The molecule has 1 aromatic rings. The second-order valence-electron chi connectivity index (χ2n) is 3.44. The zero-order chi connectivity index (χ0) is 12.1. The lowest BCUT2D eigenvalue weighted by molar-refractivity contribution is 0.0766. The largest absolute Gasteiger partial charge is 0.399 e. The van der Waals surface area contributed by atoms with E-state index in [2.05, 4.69) is 0 Å². The number of hydrogen-bond acceptors (Lipinski definition) is 5. The fourth-order valence-corrected chi connectivity index (χ4v) is 2.34. The first-order chi connectivity index (χ1) is 7.32. The summed E-state index contributed by atoms with van der Waals surface area (Å²) in [5, 5.41) is 0. The van der Waals surface area contributed by atoms with Crippen LogP contribution in [0.15, 0.2) is 18.2 Å². The summed E-state index contributed by atoms with van der Waals surface area (Å²) in [6.45, 7) is 0. The van der Waals surface area contributed by atoms with Gasteiger partial charge in [0, 0.05) is 5.69 Å². The lowest BCUT2D eigenvalue weighted by Gasteiger charge is -2.09. The molecule has 6 nitrogen and oxygen atoms in total. The van der Waals surface area contributed by atoms with Gasteiger partial charge in [0.1, 0.15) is 0 Å². The molecule has 1 aliphatic heterocycles. The van der Waals surface area contributed by atoms with E-state index in [9.17, 15) is 18.0 Å². The van der Waals surface area contributed by atoms with Crippen LogP contribution in [0.25, 0.3) is 0 Å². The molecule has 0 spiro atoms. The van der Waals surface area contributed by atoms with E-state index < -0.39 is 21.8 Å². The zero-order valence-corrected chi connectivity index (χ0v) is 9.11. The maximum atomic E-state index is 11.7. The van der Waals surface area contributed by atoms with Crippen molar-refractivity contribution in [2.45, 2.75) is 0 Å². The van der Waals surface area contributed by atoms with Crippen molar-refractivity contribution in [3.05, 3.63) is 29.3 Å². The number of hydrogen-bond donors (Lipinski definition) is 1. The van der Waals surface area contributed by atoms with Gasteiger partial charge in [-0.1, -0.05) is 0 Å². The van der Waals surface area contributed by atoms with E-state index in [1.54, 1.807) is 0 Å². The summed E-state index contributed by atoms with van der Waals surface area (Å²) in [6.07, 6.45) is 0.804. The van der Waals surface area contributed by atoms with Crippen LogP contribution in [0.3, 0.4) is 0 Å². The van der Waals surface area contributed by atoms with Crippen LogP contribution in [0.4, 0.5) is 5.69 Å². The first kappa shape index (κ1) is 10.6. The fraction of sp³-hybridized carbons (Fsp3) is 0.111. The molecule has 0 unspecified atom stereocenters. The van der Waals surface area contributed by atoms with E-state index >= 15 is 0 Å². The Morgan fingerprint density at radius 3 is 2.25 bits per heavy atom. The quantitative estimate of drug-likeness (QED) is 0.542.